The number of carbonyl (C=O) groups is 1. The lowest BCUT2D eigenvalue weighted by atomic mass is 10.1. The predicted molar refractivity (Wildman–Crippen MR) is 95.1 cm³/mol. The monoisotopic (exact) mass is 323 g/mol. The number of fused-ring (bicyclic) bond motifs is 3. The van der Waals surface area contributed by atoms with Crippen LogP contribution in [0, 0.1) is 0 Å². The number of hydrogen-bond acceptors (Lipinski definition) is 1. The number of nitrogens with zero attached hydrogens (tertiary/aromatic N) is 2. The van der Waals surface area contributed by atoms with Crippen LogP contribution in [-0.4, -0.2) is 21.5 Å². The molecule has 1 fully saturated rings. The minimum absolute atomic E-state index is 0.0817. The summed E-state index contributed by atoms with van der Waals surface area (Å²) in [5, 5.41) is 3.27. The maximum absolute atomic E-state index is 13.0. The van der Waals surface area contributed by atoms with E-state index in [1.807, 2.05) is 4.90 Å². The van der Waals surface area contributed by atoms with Gasteiger partial charge in [-0.05, 0) is 43.0 Å². The largest absolute Gasteiger partial charge is 0.335 e. The molecule has 126 valence electrons. The Hall–Kier alpha value is -2.23. The van der Waals surface area contributed by atoms with E-state index in [0.29, 0.717) is 12.6 Å². The van der Waals surface area contributed by atoms with Crippen LogP contribution in [0.5, 0.6) is 0 Å². The fourth-order valence-corrected chi connectivity index (χ4v) is 4.19. The van der Waals surface area contributed by atoms with Crippen molar-refractivity contribution in [1.82, 2.24) is 14.8 Å². The van der Waals surface area contributed by atoms with Gasteiger partial charge in [0.05, 0.1) is 18.3 Å². The number of amides is 2. The summed E-state index contributed by atoms with van der Waals surface area (Å²) in [6, 6.07) is 13.2. The predicted octanol–water partition coefficient (Wildman–Crippen LogP) is 4.40. The molecule has 2 amide bonds. The molecule has 1 N–H and O–H groups in total. The average molecular weight is 323 g/mol. The molecule has 1 aliphatic heterocycles. The fraction of sp³-hybridized carbons (Fsp3) is 0.450. The molecule has 2 aromatic rings. The molecule has 1 atom stereocenters. The van der Waals surface area contributed by atoms with Crippen molar-refractivity contribution in [2.45, 2.75) is 57.7 Å². The molecule has 24 heavy (non-hydrogen) atoms. The highest BCUT2D eigenvalue weighted by atomic mass is 16.2. The first-order valence-electron chi connectivity index (χ1n) is 9.10. The summed E-state index contributed by atoms with van der Waals surface area (Å²) in [5.74, 6) is 0. The molecule has 4 rings (SSSR count). The molecule has 0 unspecified atom stereocenters. The van der Waals surface area contributed by atoms with Gasteiger partial charge in [-0.15, -0.1) is 0 Å². The first-order chi connectivity index (χ1) is 11.8. The maximum atomic E-state index is 13.0. The van der Waals surface area contributed by atoms with Gasteiger partial charge in [0.25, 0.3) is 0 Å². The van der Waals surface area contributed by atoms with E-state index in [0.717, 1.165) is 19.3 Å². The molecule has 0 spiro atoms. The van der Waals surface area contributed by atoms with E-state index in [4.69, 9.17) is 0 Å². The average Bonchev–Trinajstić information content (AvgIpc) is 3.25. The van der Waals surface area contributed by atoms with Crippen molar-refractivity contribution in [3.63, 3.8) is 0 Å². The fourth-order valence-electron chi connectivity index (χ4n) is 4.19. The summed E-state index contributed by atoms with van der Waals surface area (Å²) >= 11 is 0. The third kappa shape index (κ3) is 2.60. The molecule has 1 aromatic carbocycles. The molecule has 0 saturated heterocycles. The molecule has 2 aliphatic rings. The first-order valence-corrected chi connectivity index (χ1v) is 9.10. The molecular weight excluding hydrogens is 298 g/mol. The van der Waals surface area contributed by atoms with Crippen LogP contribution in [0.25, 0.3) is 5.69 Å². The van der Waals surface area contributed by atoms with E-state index in [2.05, 4.69) is 59.4 Å². The molecule has 0 bridgehead atoms. The van der Waals surface area contributed by atoms with Crippen LogP contribution in [0.15, 0.2) is 42.6 Å². The number of aromatic nitrogens is 1. The number of rotatable bonds is 2. The normalized spacial score (nSPS) is 20.4. The Morgan fingerprint density at radius 1 is 1.17 bits per heavy atom. The third-order valence-corrected chi connectivity index (χ3v) is 5.42. The first kappa shape index (κ1) is 15.3. The second-order valence-electron chi connectivity index (χ2n) is 6.91. The molecule has 0 radical (unpaired) electrons. The van der Waals surface area contributed by atoms with Gasteiger partial charge in [0.1, 0.15) is 0 Å². The summed E-state index contributed by atoms with van der Waals surface area (Å²) < 4.78 is 2.24. The highest BCUT2D eigenvalue weighted by molar-refractivity contribution is 5.75. The van der Waals surface area contributed by atoms with Crippen molar-refractivity contribution >= 4 is 6.03 Å². The number of carbonyl (C=O) groups excluding carboxylic acids is 1. The SMILES string of the molecule is CC[C@@H]1c2cccn2-c2ccccc2CN1C(=O)NC1CCCC1. The second kappa shape index (κ2) is 6.34. The van der Waals surface area contributed by atoms with Crippen LogP contribution < -0.4 is 5.32 Å². The van der Waals surface area contributed by atoms with Crippen molar-refractivity contribution in [2.75, 3.05) is 0 Å². The van der Waals surface area contributed by atoms with Gasteiger partial charge in [-0.2, -0.15) is 0 Å². The van der Waals surface area contributed by atoms with Crippen LogP contribution in [0.1, 0.15) is 56.3 Å². The highest BCUT2D eigenvalue weighted by Gasteiger charge is 2.31. The van der Waals surface area contributed by atoms with E-state index in [1.54, 1.807) is 0 Å². The summed E-state index contributed by atoms with van der Waals surface area (Å²) in [4.78, 5) is 15.0. The van der Waals surface area contributed by atoms with E-state index < -0.39 is 0 Å². The van der Waals surface area contributed by atoms with E-state index in [1.165, 1.54) is 29.8 Å². The van der Waals surface area contributed by atoms with Gasteiger partial charge in [-0.3, -0.25) is 0 Å². The minimum Gasteiger partial charge on any atom is -0.335 e. The van der Waals surface area contributed by atoms with Gasteiger partial charge in [-0.1, -0.05) is 38.0 Å². The zero-order valence-corrected chi connectivity index (χ0v) is 14.2. The molecule has 1 aromatic heterocycles. The summed E-state index contributed by atoms with van der Waals surface area (Å²) in [5.41, 5.74) is 3.59. The quantitative estimate of drug-likeness (QED) is 0.874. The number of benzene rings is 1. The van der Waals surface area contributed by atoms with Crippen LogP contribution in [0.3, 0.4) is 0 Å². The van der Waals surface area contributed by atoms with Crippen LogP contribution in [0.4, 0.5) is 4.79 Å². The Kier molecular flexibility index (Phi) is 4.05. The molecule has 4 heteroatoms. The zero-order chi connectivity index (χ0) is 16.5. The van der Waals surface area contributed by atoms with Gasteiger partial charge in [0, 0.05) is 17.9 Å². The van der Waals surface area contributed by atoms with Gasteiger partial charge in [0.2, 0.25) is 0 Å². The lowest BCUT2D eigenvalue weighted by Gasteiger charge is -2.31. The standard InChI is InChI=1S/C20H25N3O/c1-2-17-19-12-7-13-22(19)18-11-6-3-8-15(18)14-23(17)20(24)21-16-9-4-5-10-16/h3,6-8,11-13,16-17H,2,4-5,9-10,14H2,1H3,(H,21,24)/t17-/m1/s1. The number of urea groups is 1. The summed E-state index contributed by atoms with van der Waals surface area (Å²) in [6.45, 7) is 2.82. The Labute approximate surface area is 143 Å². The van der Waals surface area contributed by atoms with Gasteiger partial charge < -0.3 is 14.8 Å². The summed E-state index contributed by atoms with van der Waals surface area (Å²) in [7, 11) is 0. The van der Waals surface area contributed by atoms with Crippen molar-refractivity contribution < 1.29 is 4.79 Å². The van der Waals surface area contributed by atoms with Crippen molar-refractivity contribution in [1.29, 1.82) is 0 Å². The topological polar surface area (TPSA) is 37.3 Å². The molecule has 1 saturated carbocycles. The lowest BCUT2D eigenvalue weighted by Crippen LogP contribution is -2.45. The number of para-hydroxylation sites is 1. The van der Waals surface area contributed by atoms with E-state index >= 15 is 0 Å². The zero-order valence-electron chi connectivity index (χ0n) is 14.2. The van der Waals surface area contributed by atoms with E-state index in [9.17, 15) is 4.79 Å². The van der Waals surface area contributed by atoms with Crippen LogP contribution in [-0.2, 0) is 6.54 Å². The Bertz CT molecular complexity index is 730. The molecule has 2 heterocycles. The minimum atomic E-state index is 0.0817. The van der Waals surface area contributed by atoms with E-state index in [-0.39, 0.29) is 12.1 Å². The number of nitrogens with one attached hydrogen (secondary N) is 1. The van der Waals surface area contributed by atoms with Crippen molar-refractivity contribution in [2.24, 2.45) is 0 Å². The molecular formula is C20H25N3O. The van der Waals surface area contributed by atoms with Crippen LogP contribution >= 0.6 is 0 Å². The van der Waals surface area contributed by atoms with Gasteiger partial charge in [-0.25, -0.2) is 4.79 Å². The Morgan fingerprint density at radius 2 is 1.96 bits per heavy atom. The molecule has 1 aliphatic carbocycles. The van der Waals surface area contributed by atoms with Gasteiger partial charge >= 0.3 is 6.03 Å². The Morgan fingerprint density at radius 3 is 2.75 bits per heavy atom. The molecule has 4 nitrogen and oxygen atoms in total. The Balaban J connectivity index is 1.70. The van der Waals surface area contributed by atoms with Gasteiger partial charge in [0.15, 0.2) is 0 Å². The lowest BCUT2D eigenvalue weighted by molar-refractivity contribution is 0.164. The smallest absolute Gasteiger partial charge is 0.318 e. The van der Waals surface area contributed by atoms with Crippen molar-refractivity contribution in [3.8, 4) is 5.69 Å². The summed E-state index contributed by atoms with van der Waals surface area (Å²) in [6.07, 6.45) is 7.71. The maximum Gasteiger partial charge on any atom is 0.318 e. The third-order valence-electron chi connectivity index (χ3n) is 5.42. The van der Waals surface area contributed by atoms with Crippen LogP contribution in [0.2, 0.25) is 0 Å². The highest BCUT2D eigenvalue weighted by Crippen LogP contribution is 2.34. The second-order valence-corrected chi connectivity index (χ2v) is 6.91. The van der Waals surface area contributed by atoms with Crippen molar-refractivity contribution in [3.05, 3.63) is 53.9 Å². The number of hydrogen-bond donors (Lipinski definition) is 1.